The summed E-state index contributed by atoms with van der Waals surface area (Å²) < 4.78 is 0. The number of fused-ring (bicyclic) bond motifs is 1. The Morgan fingerprint density at radius 3 is 2.38 bits per heavy atom. The molecule has 0 unspecified atom stereocenters. The molecule has 1 saturated carbocycles. The van der Waals surface area contributed by atoms with Gasteiger partial charge in [0.1, 0.15) is 10.6 Å². The highest BCUT2D eigenvalue weighted by molar-refractivity contribution is 7.17. The fourth-order valence-corrected chi connectivity index (χ4v) is 6.20. The van der Waals surface area contributed by atoms with Crippen molar-refractivity contribution in [3.8, 4) is 0 Å². The van der Waals surface area contributed by atoms with E-state index < -0.39 is 5.97 Å². The molecule has 0 bridgehead atoms. The number of rotatable bonds is 8. The van der Waals surface area contributed by atoms with Crippen LogP contribution in [0, 0.1) is 18.8 Å². The number of benzene rings is 1. The minimum absolute atomic E-state index is 0.0315. The smallest absolute Gasteiger partial charge is 0.347 e. The van der Waals surface area contributed by atoms with Crippen molar-refractivity contribution in [1.82, 2.24) is 20.6 Å². The third-order valence-corrected chi connectivity index (χ3v) is 8.94. The molecule has 12 heteroatoms. The number of carboxylic acids is 1. The van der Waals surface area contributed by atoms with Crippen molar-refractivity contribution in [2.75, 3.05) is 24.5 Å². The number of anilines is 1. The van der Waals surface area contributed by atoms with Crippen LogP contribution in [-0.2, 0) is 6.42 Å². The molecule has 5 rings (SSSR count). The number of aryl methyl sites for hydroxylation is 1. The van der Waals surface area contributed by atoms with Gasteiger partial charge in [0.2, 0.25) is 0 Å². The van der Waals surface area contributed by atoms with E-state index in [9.17, 15) is 19.5 Å². The maximum absolute atomic E-state index is 12.7. The first-order valence-electron chi connectivity index (χ1n) is 11.9. The Morgan fingerprint density at radius 2 is 1.81 bits per heavy atom. The van der Waals surface area contributed by atoms with Gasteiger partial charge in [0.15, 0.2) is 5.13 Å². The molecule has 2 fully saturated rings. The number of H-pyrrole nitrogens is 1. The van der Waals surface area contributed by atoms with Crippen molar-refractivity contribution in [2.45, 2.75) is 26.3 Å². The molecule has 4 N–H and O–H groups in total. The summed E-state index contributed by atoms with van der Waals surface area (Å²) in [4.78, 5) is 46.4. The summed E-state index contributed by atoms with van der Waals surface area (Å²) in [6.07, 6.45) is 0.353. The summed E-state index contributed by atoms with van der Waals surface area (Å²) in [5.41, 5.74) is 2.83. The van der Waals surface area contributed by atoms with Gasteiger partial charge in [-0.25, -0.2) is 9.78 Å². The van der Waals surface area contributed by atoms with Crippen LogP contribution in [0.3, 0.4) is 0 Å². The van der Waals surface area contributed by atoms with Crippen molar-refractivity contribution in [3.63, 3.8) is 0 Å². The van der Waals surface area contributed by atoms with Gasteiger partial charge in [-0.2, -0.15) is 0 Å². The Labute approximate surface area is 227 Å². The SMILES string of the molecule is CCNC(=O)c1ccc(Cc2nc(N3C[C@@H]4[C@H](C3)[C@@H]4NC(=O)c3[nH]c(C)c(Cl)c3Cl)sc2C(=O)O)cc1. The number of thiazole rings is 1. The zero-order valence-electron chi connectivity index (χ0n) is 20.1. The van der Waals surface area contributed by atoms with Crippen molar-refractivity contribution in [1.29, 1.82) is 0 Å². The Morgan fingerprint density at radius 1 is 1.14 bits per heavy atom. The second kappa shape index (κ2) is 10.00. The van der Waals surface area contributed by atoms with Crippen molar-refractivity contribution in [3.05, 3.63) is 67.4 Å². The summed E-state index contributed by atoms with van der Waals surface area (Å²) >= 11 is 13.4. The highest BCUT2D eigenvalue weighted by Crippen LogP contribution is 2.48. The number of carbonyl (C=O) groups excluding carboxylic acids is 2. The number of aromatic amines is 1. The Hall–Kier alpha value is -3.08. The molecule has 2 aliphatic rings. The molecule has 0 spiro atoms. The minimum Gasteiger partial charge on any atom is -0.477 e. The van der Waals surface area contributed by atoms with Crippen LogP contribution in [0.2, 0.25) is 10.0 Å². The second-order valence-corrected chi connectivity index (χ2v) is 11.0. The van der Waals surface area contributed by atoms with Crippen LogP contribution >= 0.6 is 34.5 Å². The summed E-state index contributed by atoms with van der Waals surface area (Å²) in [6.45, 7) is 5.52. The molecule has 3 aromatic rings. The van der Waals surface area contributed by atoms with E-state index in [4.69, 9.17) is 23.2 Å². The second-order valence-electron chi connectivity index (χ2n) is 9.30. The molecule has 9 nitrogen and oxygen atoms in total. The summed E-state index contributed by atoms with van der Waals surface area (Å²) in [5, 5.41) is 16.8. The maximum atomic E-state index is 12.7. The average Bonchev–Trinajstić information content (AvgIpc) is 3.22. The summed E-state index contributed by atoms with van der Waals surface area (Å²) in [7, 11) is 0. The molecule has 37 heavy (non-hydrogen) atoms. The summed E-state index contributed by atoms with van der Waals surface area (Å²) in [5.74, 6) is -0.917. The van der Waals surface area contributed by atoms with Gasteiger partial charge in [0, 0.05) is 55.2 Å². The Bertz CT molecular complexity index is 1370. The fraction of sp³-hybridized carbons (Fsp3) is 0.360. The lowest BCUT2D eigenvalue weighted by Crippen LogP contribution is -2.34. The van der Waals surface area contributed by atoms with E-state index in [1.807, 2.05) is 19.1 Å². The lowest BCUT2D eigenvalue weighted by Gasteiger charge is -2.19. The van der Waals surface area contributed by atoms with Gasteiger partial charge < -0.3 is 25.6 Å². The zero-order valence-corrected chi connectivity index (χ0v) is 22.4. The monoisotopic (exact) mass is 561 g/mol. The van der Waals surface area contributed by atoms with E-state index >= 15 is 0 Å². The van der Waals surface area contributed by atoms with Gasteiger partial charge in [-0.3, -0.25) is 9.59 Å². The molecular weight excluding hydrogens is 537 g/mol. The van der Waals surface area contributed by atoms with Gasteiger partial charge in [0.05, 0.1) is 15.7 Å². The Kier molecular flexibility index (Phi) is 6.91. The highest BCUT2D eigenvalue weighted by Gasteiger charge is 2.57. The first kappa shape index (κ1) is 25.6. The molecule has 1 aliphatic heterocycles. The number of carboxylic acid groups (broad SMARTS) is 1. The largest absolute Gasteiger partial charge is 0.477 e. The zero-order chi connectivity index (χ0) is 26.4. The lowest BCUT2D eigenvalue weighted by molar-refractivity contribution is 0.0700. The van der Waals surface area contributed by atoms with Crippen LogP contribution in [-0.4, -0.2) is 58.5 Å². The number of nitrogens with zero attached hydrogens (tertiary/aromatic N) is 2. The number of carbonyl (C=O) groups is 3. The topological polar surface area (TPSA) is 127 Å². The van der Waals surface area contributed by atoms with Crippen molar-refractivity contribution in [2.24, 2.45) is 11.8 Å². The first-order valence-corrected chi connectivity index (χ1v) is 13.4. The van der Waals surface area contributed by atoms with Crippen LogP contribution in [0.25, 0.3) is 0 Å². The van der Waals surface area contributed by atoms with E-state index in [1.165, 1.54) is 11.3 Å². The van der Waals surface area contributed by atoms with Gasteiger partial charge in [-0.15, -0.1) is 0 Å². The number of aromatic carboxylic acids is 1. The third kappa shape index (κ3) is 4.93. The van der Waals surface area contributed by atoms with E-state index in [2.05, 4.69) is 25.5 Å². The number of aromatic nitrogens is 2. The molecule has 1 saturated heterocycles. The van der Waals surface area contributed by atoms with Crippen molar-refractivity contribution < 1.29 is 19.5 Å². The van der Waals surface area contributed by atoms with Crippen LogP contribution in [0.1, 0.15) is 54.4 Å². The third-order valence-electron chi connectivity index (χ3n) is 6.85. The lowest BCUT2D eigenvalue weighted by atomic mass is 10.1. The first-order chi connectivity index (χ1) is 17.7. The van der Waals surface area contributed by atoms with Gasteiger partial charge >= 0.3 is 5.97 Å². The number of halogens is 2. The fourth-order valence-electron chi connectivity index (χ4n) is 4.84. The molecule has 0 radical (unpaired) electrons. The van der Waals surface area contributed by atoms with E-state index in [0.29, 0.717) is 53.2 Å². The minimum atomic E-state index is -1.01. The molecule has 194 valence electrons. The van der Waals surface area contributed by atoms with Crippen LogP contribution < -0.4 is 15.5 Å². The molecule has 1 aliphatic carbocycles. The predicted octanol–water partition coefficient (Wildman–Crippen LogP) is 3.99. The predicted molar refractivity (Wildman–Crippen MR) is 142 cm³/mol. The molecule has 1 aromatic carbocycles. The van der Waals surface area contributed by atoms with Gasteiger partial charge in [-0.05, 0) is 31.5 Å². The van der Waals surface area contributed by atoms with Gasteiger partial charge in [0.25, 0.3) is 11.8 Å². The number of amides is 2. The number of hydrogen-bond acceptors (Lipinski definition) is 6. The highest BCUT2D eigenvalue weighted by atomic mass is 35.5. The summed E-state index contributed by atoms with van der Waals surface area (Å²) in [6, 6.07) is 7.12. The van der Waals surface area contributed by atoms with Crippen LogP contribution in [0.5, 0.6) is 0 Å². The van der Waals surface area contributed by atoms with E-state index in [0.717, 1.165) is 5.56 Å². The number of piperidine rings is 1. The molecule has 2 amide bonds. The Balaban J connectivity index is 1.23. The van der Waals surface area contributed by atoms with Crippen LogP contribution in [0.4, 0.5) is 5.13 Å². The van der Waals surface area contributed by atoms with Crippen LogP contribution in [0.15, 0.2) is 24.3 Å². The van der Waals surface area contributed by atoms with Crippen molar-refractivity contribution >= 4 is 57.5 Å². The number of nitrogens with one attached hydrogen (secondary N) is 3. The average molecular weight is 562 g/mol. The maximum Gasteiger partial charge on any atom is 0.347 e. The molecule has 3 heterocycles. The van der Waals surface area contributed by atoms with E-state index in [1.54, 1.807) is 19.1 Å². The molecule has 2 aromatic heterocycles. The van der Waals surface area contributed by atoms with E-state index in [-0.39, 0.29) is 45.3 Å². The molecular formula is C25H25Cl2N5O4S. The number of hydrogen-bond donors (Lipinski definition) is 4. The quantitative estimate of drug-likeness (QED) is 0.329. The van der Waals surface area contributed by atoms with Gasteiger partial charge in [-0.1, -0.05) is 46.7 Å². The molecule has 3 atom stereocenters. The standard InChI is InChI=1S/C25H25Cl2N5O4S/c1-3-28-22(33)13-6-4-12(5-7-13)8-16-21(24(35)36)37-25(30-16)32-9-14-15(10-32)19(14)31-23(34)20-18(27)17(26)11(2)29-20/h4-7,14-15,19,29H,3,8-10H2,1-2H3,(H,28,33)(H,31,34)(H,35,36)/t14-,15+,19-. The normalized spacial score (nSPS) is 20.0.